The van der Waals surface area contributed by atoms with Crippen LogP contribution >= 0.6 is 0 Å². The molecule has 1 aromatic carbocycles. The predicted octanol–water partition coefficient (Wildman–Crippen LogP) is -0.395. The normalized spacial score (nSPS) is 11.3. The van der Waals surface area contributed by atoms with Gasteiger partial charge >= 0.3 is 58.4 Å². The number of ether oxygens (including phenoxy) is 1. The molecule has 0 heterocycles. The summed E-state index contributed by atoms with van der Waals surface area (Å²) >= 11 is 0. The Bertz CT molecular complexity index is 413. The van der Waals surface area contributed by atoms with Gasteiger partial charge < -0.3 is 22.6 Å². The molecule has 0 fully saturated rings. The Labute approximate surface area is 159 Å². The monoisotopic (exact) mass is 317 g/mol. The number of halogens is 4. The van der Waals surface area contributed by atoms with Gasteiger partial charge in [0, 0.05) is 6.54 Å². The zero-order chi connectivity index (χ0) is 14.5. The van der Waals surface area contributed by atoms with Gasteiger partial charge in [-0.3, -0.25) is 0 Å². The predicted molar refractivity (Wildman–Crippen MR) is 68.4 cm³/mol. The maximum Gasteiger partial charge on any atom is 1.00 e. The van der Waals surface area contributed by atoms with E-state index in [4.69, 9.17) is 4.74 Å². The summed E-state index contributed by atoms with van der Waals surface area (Å²) in [5.41, 5.74) is -0.848. The number of likely N-dealkylation sites (N-methyl/N-ethyl adjacent to an activating group) is 1. The molecular formula is C12H17BF4KNO. The van der Waals surface area contributed by atoms with Crippen molar-refractivity contribution in [2.75, 3.05) is 26.2 Å². The van der Waals surface area contributed by atoms with Crippen molar-refractivity contribution in [2.45, 2.75) is 13.8 Å². The van der Waals surface area contributed by atoms with Crippen LogP contribution in [0.5, 0.6) is 5.75 Å². The van der Waals surface area contributed by atoms with Crippen molar-refractivity contribution in [3.8, 4) is 5.75 Å². The maximum absolute atomic E-state index is 13.3. The average Bonchev–Trinajstić information content (AvgIpc) is 2.35. The topological polar surface area (TPSA) is 12.5 Å². The fourth-order valence-electron chi connectivity index (χ4n) is 1.66. The van der Waals surface area contributed by atoms with E-state index in [1.807, 2.05) is 18.7 Å². The van der Waals surface area contributed by atoms with Crippen LogP contribution < -0.4 is 61.6 Å². The van der Waals surface area contributed by atoms with Crippen LogP contribution in [0.1, 0.15) is 13.8 Å². The molecule has 0 unspecified atom stereocenters. The van der Waals surface area contributed by atoms with Crippen LogP contribution in [-0.4, -0.2) is 38.1 Å². The van der Waals surface area contributed by atoms with E-state index in [2.05, 4.69) is 0 Å². The van der Waals surface area contributed by atoms with E-state index in [-0.39, 0.29) is 63.7 Å². The first-order valence-corrected chi connectivity index (χ1v) is 6.23. The first-order chi connectivity index (χ1) is 8.88. The minimum absolute atomic E-state index is 0. The first kappa shape index (κ1) is 20.4. The molecule has 0 saturated carbocycles. The van der Waals surface area contributed by atoms with E-state index in [9.17, 15) is 17.3 Å². The third-order valence-electron chi connectivity index (χ3n) is 2.89. The number of hydrogen-bond donors (Lipinski definition) is 0. The molecule has 0 N–H and O–H groups in total. The number of rotatable bonds is 7. The van der Waals surface area contributed by atoms with Crippen LogP contribution in [-0.2, 0) is 0 Å². The van der Waals surface area contributed by atoms with Crippen LogP contribution in [0.25, 0.3) is 0 Å². The van der Waals surface area contributed by atoms with Gasteiger partial charge in [0.05, 0.1) is 0 Å². The van der Waals surface area contributed by atoms with Crippen molar-refractivity contribution in [2.24, 2.45) is 0 Å². The Hall–Kier alpha value is 0.401. The van der Waals surface area contributed by atoms with Crippen molar-refractivity contribution >= 4 is 12.4 Å². The molecule has 0 saturated heterocycles. The molecule has 2 nitrogen and oxygen atoms in total. The van der Waals surface area contributed by atoms with Gasteiger partial charge in [0.1, 0.15) is 6.61 Å². The molecule has 0 atom stereocenters. The second-order valence-corrected chi connectivity index (χ2v) is 4.14. The molecule has 108 valence electrons. The summed E-state index contributed by atoms with van der Waals surface area (Å²) in [4.78, 5) is 2.04. The zero-order valence-electron chi connectivity index (χ0n) is 12.0. The minimum Gasteiger partial charge on any atom is -0.489 e. The number of hydrogen-bond acceptors (Lipinski definition) is 2. The van der Waals surface area contributed by atoms with E-state index < -0.39 is 18.3 Å². The van der Waals surface area contributed by atoms with Gasteiger partial charge in [0.2, 0.25) is 0 Å². The van der Waals surface area contributed by atoms with Crippen LogP contribution in [0.3, 0.4) is 0 Å². The molecule has 0 amide bonds. The molecular weight excluding hydrogens is 300 g/mol. The summed E-state index contributed by atoms with van der Waals surface area (Å²) in [5, 5.41) is 0. The molecule has 0 bridgehead atoms. The summed E-state index contributed by atoms with van der Waals surface area (Å²) in [5.74, 6) is -1.12. The van der Waals surface area contributed by atoms with Gasteiger partial charge in [0.15, 0.2) is 11.6 Å². The largest absolute Gasteiger partial charge is 1.00 e. The smallest absolute Gasteiger partial charge is 0.489 e. The summed E-state index contributed by atoms with van der Waals surface area (Å²) in [6, 6.07) is 2.24. The molecule has 0 aliphatic carbocycles. The molecule has 8 heteroatoms. The van der Waals surface area contributed by atoms with Gasteiger partial charge in [-0.05, 0) is 25.2 Å². The third-order valence-corrected chi connectivity index (χ3v) is 2.89. The Balaban J connectivity index is 0.00000361. The van der Waals surface area contributed by atoms with Gasteiger partial charge in [-0.15, -0.1) is 5.46 Å². The van der Waals surface area contributed by atoms with Crippen LogP contribution in [0, 0.1) is 5.82 Å². The molecule has 1 aromatic rings. The van der Waals surface area contributed by atoms with Gasteiger partial charge in [-0.1, -0.05) is 19.9 Å². The van der Waals surface area contributed by atoms with Crippen molar-refractivity contribution in [3.05, 3.63) is 24.0 Å². The Morgan fingerprint density at radius 3 is 2.25 bits per heavy atom. The fraction of sp³-hybridized carbons (Fsp3) is 0.500. The summed E-state index contributed by atoms with van der Waals surface area (Å²) < 4.78 is 56.1. The number of benzene rings is 1. The van der Waals surface area contributed by atoms with E-state index >= 15 is 0 Å². The Morgan fingerprint density at radius 2 is 1.75 bits per heavy atom. The van der Waals surface area contributed by atoms with Crippen molar-refractivity contribution in [1.82, 2.24) is 4.90 Å². The second-order valence-electron chi connectivity index (χ2n) is 4.14. The summed E-state index contributed by atoms with van der Waals surface area (Å²) in [6.07, 6.45) is 0. The van der Waals surface area contributed by atoms with E-state index in [1.165, 1.54) is 0 Å². The van der Waals surface area contributed by atoms with Crippen molar-refractivity contribution in [3.63, 3.8) is 0 Å². The average molecular weight is 317 g/mol. The van der Waals surface area contributed by atoms with Crippen LogP contribution in [0.15, 0.2) is 18.2 Å². The molecule has 0 spiro atoms. The van der Waals surface area contributed by atoms with Crippen LogP contribution in [0.2, 0.25) is 0 Å². The standard InChI is InChI=1S/C12H17BF4NO.K/c1-3-18(4-2)7-8-19-12-9-10(13(15,16)17)5-6-11(12)14;/h5-6,9H,3-4,7-8H2,1-2H3;/q-1;+1. The Kier molecular flexibility index (Phi) is 9.61. The van der Waals surface area contributed by atoms with Crippen molar-refractivity contribution in [1.29, 1.82) is 0 Å². The first-order valence-electron chi connectivity index (χ1n) is 6.23. The quantitative estimate of drug-likeness (QED) is 0.501. The molecule has 0 aliphatic rings. The molecule has 0 aromatic heterocycles. The minimum atomic E-state index is -5.14. The fourth-order valence-corrected chi connectivity index (χ4v) is 1.66. The molecule has 20 heavy (non-hydrogen) atoms. The molecule has 0 aliphatic heterocycles. The summed E-state index contributed by atoms with van der Waals surface area (Å²) in [7, 11) is 0. The van der Waals surface area contributed by atoms with E-state index in [1.54, 1.807) is 0 Å². The third kappa shape index (κ3) is 6.45. The molecule has 0 radical (unpaired) electrons. The van der Waals surface area contributed by atoms with Crippen LogP contribution in [0.4, 0.5) is 17.3 Å². The van der Waals surface area contributed by atoms with Crippen molar-refractivity contribution < 1.29 is 73.5 Å². The second kappa shape index (κ2) is 9.42. The maximum atomic E-state index is 13.3. The summed E-state index contributed by atoms with van der Waals surface area (Å²) in [6.45, 7) is 1.14. The zero-order valence-corrected chi connectivity index (χ0v) is 15.1. The van der Waals surface area contributed by atoms with Gasteiger partial charge in [-0.2, -0.15) is 0 Å². The van der Waals surface area contributed by atoms with E-state index in [0.29, 0.717) is 6.54 Å². The molecule has 1 rings (SSSR count). The SMILES string of the molecule is CCN(CC)CCOc1cc([B-](F)(F)F)ccc1F.[K+]. The van der Waals surface area contributed by atoms with Gasteiger partial charge in [-0.25, -0.2) is 4.39 Å². The number of nitrogens with zero attached hydrogens (tertiary/aromatic N) is 1. The van der Waals surface area contributed by atoms with E-state index in [0.717, 1.165) is 31.3 Å². The van der Waals surface area contributed by atoms with Gasteiger partial charge in [0.25, 0.3) is 0 Å². The Morgan fingerprint density at radius 1 is 1.15 bits per heavy atom.